The molecular formula is C13H18ClF2N. The van der Waals surface area contributed by atoms with E-state index in [0.29, 0.717) is 12.1 Å². The Labute approximate surface area is 106 Å². The summed E-state index contributed by atoms with van der Waals surface area (Å²) in [5.74, 6) is -0.477. The van der Waals surface area contributed by atoms with Crippen LogP contribution in [0.3, 0.4) is 0 Å². The van der Waals surface area contributed by atoms with Crippen LogP contribution in [0.5, 0.6) is 0 Å². The first-order valence-corrected chi connectivity index (χ1v) is 6.11. The van der Waals surface area contributed by atoms with Gasteiger partial charge in [0.25, 0.3) is 0 Å². The van der Waals surface area contributed by atoms with E-state index >= 15 is 0 Å². The fourth-order valence-corrected chi connectivity index (χ4v) is 2.08. The van der Waals surface area contributed by atoms with Crippen LogP contribution < -0.4 is 5.73 Å². The van der Waals surface area contributed by atoms with Gasteiger partial charge < -0.3 is 5.73 Å². The van der Waals surface area contributed by atoms with Gasteiger partial charge in [0.1, 0.15) is 12.0 Å². The molecule has 96 valence electrons. The molecule has 1 rings (SSSR count). The van der Waals surface area contributed by atoms with Crippen LogP contribution in [0.15, 0.2) is 18.2 Å². The third-order valence-corrected chi connectivity index (χ3v) is 3.30. The van der Waals surface area contributed by atoms with Gasteiger partial charge in [-0.1, -0.05) is 31.5 Å². The summed E-state index contributed by atoms with van der Waals surface area (Å²) >= 11 is 5.65. The molecule has 0 heterocycles. The highest BCUT2D eigenvalue weighted by Gasteiger charge is 2.23. The molecule has 0 spiro atoms. The second-order valence-electron chi connectivity index (χ2n) is 4.61. The Balaban J connectivity index is 2.73. The van der Waals surface area contributed by atoms with Crippen LogP contribution in [0.4, 0.5) is 8.78 Å². The average molecular weight is 262 g/mol. The molecule has 0 aliphatic carbocycles. The lowest BCUT2D eigenvalue weighted by Gasteiger charge is -2.23. The molecule has 0 saturated carbocycles. The van der Waals surface area contributed by atoms with E-state index in [2.05, 4.69) is 0 Å². The molecule has 17 heavy (non-hydrogen) atoms. The molecule has 2 N–H and O–H groups in total. The van der Waals surface area contributed by atoms with Crippen molar-refractivity contribution in [2.24, 2.45) is 17.6 Å². The molecule has 0 bridgehead atoms. The van der Waals surface area contributed by atoms with Crippen molar-refractivity contribution in [1.29, 1.82) is 0 Å². The van der Waals surface area contributed by atoms with Gasteiger partial charge in [0.2, 0.25) is 0 Å². The minimum atomic E-state index is -1.03. The highest BCUT2D eigenvalue weighted by molar-refractivity contribution is 6.30. The summed E-state index contributed by atoms with van der Waals surface area (Å²) < 4.78 is 27.0. The fourth-order valence-electron chi connectivity index (χ4n) is 1.88. The van der Waals surface area contributed by atoms with E-state index in [-0.39, 0.29) is 23.3 Å². The van der Waals surface area contributed by atoms with Gasteiger partial charge in [-0.25, -0.2) is 8.78 Å². The highest BCUT2D eigenvalue weighted by Crippen LogP contribution is 2.23. The van der Waals surface area contributed by atoms with E-state index in [0.717, 1.165) is 0 Å². The van der Waals surface area contributed by atoms with E-state index in [9.17, 15) is 8.78 Å². The Morgan fingerprint density at radius 1 is 1.35 bits per heavy atom. The van der Waals surface area contributed by atoms with E-state index in [1.807, 2.05) is 13.8 Å². The maximum atomic E-state index is 14.0. The molecular weight excluding hydrogens is 244 g/mol. The Hall–Kier alpha value is -0.670. The lowest BCUT2D eigenvalue weighted by molar-refractivity contribution is 0.185. The second kappa shape index (κ2) is 6.31. The Morgan fingerprint density at radius 3 is 2.47 bits per heavy atom. The van der Waals surface area contributed by atoms with Crippen LogP contribution >= 0.6 is 11.6 Å². The van der Waals surface area contributed by atoms with Crippen molar-refractivity contribution in [3.05, 3.63) is 34.6 Å². The second-order valence-corrected chi connectivity index (χ2v) is 5.02. The highest BCUT2D eigenvalue weighted by atomic mass is 35.5. The number of nitrogens with two attached hydrogens (primary N) is 1. The zero-order valence-corrected chi connectivity index (χ0v) is 10.8. The number of hydrogen-bond acceptors (Lipinski definition) is 1. The van der Waals surface area contributed by atoms with E-state index in [1.165, 1.54) is 12.1 Å². The third kappa shape index (κ3) is 3.93. The van der Waals surface area contributed by atoms with Crippen molar-refractivity contribution < 1.29 is 8.78 Å². The molecule has 0 aromatic heterocycles. The van der Waals surface area contributed by atoms with E-state index in [4.69, 9.17) is 17.3 Å². The topological polar surface area (TPSA) is 26.0 Å². The van der Waals surface area contributed by atoms with Gasteiger partial charge in [0, 0.05) is 12.3 Å². The minimum absolute atomic E-state index is 0.0311. The lowest BCUT2D eigenvalue weighted by atomic mass is 9.88. The predicted octanol–water partition coefficient (Wildman–Crippen LogP) is 3.59. The summed E-state index contributed by atoms with van der Waals surface area (Å²) in [5, 5.41) is 0.0311. The predicted molar refractivity (Wildman–Crippen MR) is 67.4 cm³/mol. The maximum Gasteiger partial charge on any atom is 0.141 e. The average Bonchev–Trinajstić information content (AvgIpc) is 2.24. The monoisotopic (exact) mass is 261 g/mol. The normalized spacial score (nSPS) is 15.0. The standard InChI is InChI=1S/C13H18ClF2N/c1-8(2)10(7-17)13(16)6-9-3-4-12(15)11(14)5-9/h3-5,8,10,13H,6-7,17H2,1-2H3. The van der Waals surface area contributed by atoms with E-state index in [1.54, 1.807) is 6.07 Å². The largest absolute Gasteiger partial charge is 0.330 e. The van der Waals surface area contributed by atoms with Gasteiger partial charge in [-0.05, 0) is 30.2 Å². The molecule has 2 atom stereocenters. The van der Waals surface area contributed by atoms with Gasteiger partial charge in [0.15, 0.2) is 0 Å². The van der Waals surface area contributed by atoms with Gasteiger partial charge in [-0.3, -0.25) is 0 Å². The quantitative estimate of drug-likeness (QED) is 0.861. The van der Waals surface area contributed by atoms with Crippen LogP contribution in [-0.2, 0) is 6.42 Å². The van der Waals surface area contributed by atoms with Crippen molar-refractivity contribution in [3.8, 4) is 0 Å². The Bertz CT molecular complexity index is 368. The zero-order valence-electron chi connectivity index (χ0n) is 10.1. The number of alkyl halides is 1. The van der Waals surface area contributed by atoms with Crippen LogP contribution in [0.2, 0.25) is 5.02 Å². The summed E-state index contributed by atoms with van der Waals surface area (Å²) in [4.78, 5) is 0. The molecule has 0 amide bonds. The molecule has 1 aromatic rings. The van der Waals surface area contributed by atoms with Crippen LogP contribution in [0, 0.1) is 17.7 Å². The van der Waals surface area contributed by atoms with Crippen molar-refractivity contribution in [3.63, 3.8) is 0 Å². The zero-order chi connectivity index (χ0) is 13.0. The fraction of sp³-hybridized carbons (Fsp3) is 0.538. The van der Waals surface area contributed by atoms with Gasteiger partial charge >= 0.3 is 0 Å². The van der Waals surface area contributed by atoms with Crippen LogP contribution in [-0.4, -0.2) is 12.7 Å². The Morgan fingerprint density at radius 2 is 2.00 bits per heavy atom. The molecule has 0 saturated heterocycles. The Kier molecular flexibility index (Phi) is 5.34. The molecule has 0 radical (unpaired) electrons. The van der Waals surface area contributed by atoms with Gasteiger partial charge in [0.05, 0.1) is 5.02 Å². The maximum absolute atomic E-state index is 14.0. The van der Waals surface area contributed by atoms with Crippen molar-refractivity contribution in [1.82, 2.24) is 0 Å². The summed E-state index contributed by atoms with van der Waals surface area (Å²) in [6, 6.07) is 4.29. The molecule has 0 aliphatic rings. The summed E-state index contributed by atoms with van der Waals surface area (Å²) in [5.41, 5.74) is 6.25. The summed E-state index contributed by atoms with van der Waals surface area (Å²) in [7, 11) is 0. The number of rotatable bonds is 5. The number of halogens is 3. The summed E-state index contributed by atoms with van der Waals surface area (Å²) in [6.45, 7) is 4.21. The smallest absolute Gasteiger partial charge is 0.141 e. The van der Waals surface area contributed by atoms with Gasteiger partial charge in [-0.15, -0.1) is 0 Å². The van der Waals surface area contributed by atoms with Crippen molar-refractivity contribution in [2.45, 2.75) is 26.4 Å². The number of hydrogen-bond donors (Lipinski definition) is 1. The first-order chi connectivity index (χ1) is 7.95. The molecule has 4 heteroatoms. The van der Waals surface area contributed by atoms with Crippen molar-refractivity contribution in [2.75, 3.05) is 6.54 Å². The van der Waals surface area contributed by atoms with Crippen LogP contribution in [0.1, 0.15) is 19.4 Å². The van der Waals surface area contributed by atoms with Crippen LogP contribution in [0.25, 0.3) is 0 Å². The summed E-state index contributed by atoms with van der Waals surface area (Å²) in [6.07, 6.45) is -0.804. The lowest BCUT2D eigenvalue weighted by Crippen LogP contribution is -2.30. The molecule has 1 nitrogen and oxygen atoms in total. The minimum Gasteiger partial charge on any atom is -0.330 e. The molecule has 0 aliphatic heterocycles. The molecule has 1 aromatic carbocycles. The SMILES string of the molecule is CC(C)C(CN)C(F)Cc1ccc(F)c(Cl)c1. The molecule has 0 fully saturated rings. The first kappa shape index (κ1) is 14.4. The van der Waals surface area contributed by atoms with Crippen molar-refractivity contribution >= 4 is 11.6 Å². The third-order valence-electron chi connectivity index (χ3n) is 3.01. The van der Waals surface area contributed by atoms with E-state index < -0.39 is 12.0 Å². The molecule has 2 unspecified atom stereocenters. The van der Waals surface area contributed by atoms with Gasteiger partial charge in [-0.2, -0.15) is 0 Å². The number of benzene rings is 1. The first-order valence-electron chi connectivity index (χ1n) is 5.73.